The highest BCUT2D eigenvalue weighted by molar-refractivity contribution is 6.03. The molecule has 0 fully saturated rings. The Kier molecular flexibility index (Phi) is 9.86. The van der Waals surface area contributed by atoms with Gasteiger partial charge in [0.05, 0.1) is 30.0 Å². The molecule has 0 saturated carbocycles. The van der Waals surface area contributed by atoms with Crippen molar-refractivity contribution in [2.75, 3.05) is 36.9 Å². The topological polar surface area (TPSA) is 132 Å². The summed E-state index contributed by atoms with van der Waals surface area (Å²) in [6.45, 7) is 8.49. The Balaban J connectivity index is 2.23. The van der Waals surface area contributed by atoms with E-state index in [-0.39, 0.29) is 43.3 Å². The van der Waals surface area contributed by atoms with Crippen LogP contribution in [0.4, 0.5) is 24.5 Å². The van der Waals surface area contributed by atoms with Crippen LogP contribution in [0.3, 0.4) is 0 Å². The van der Waals surface area contributed by atoms with Crippen LogP contribution in [0.5, 0.6) is 0 Å². The first-order valence-electron chi connectivity index (χ1n) is 13.3. The standard InChI is InChI=1S/C30H36F3N3O6/c1-29(2,3)27(40)34-19-8-7-16(13-18(19)31)21-14-20(39)22-25(35-28(41)30(4,5)6)23(32)17(24(33)26(22)42-21)15-36(9-11-37)10-12-38/h7-8,13-14,37-38H,9-12,15H2,1-6H3,(H,34,40)(H,35,41). The number of carbonyl (C=O) groups is 2. The van der Waals surface area contributed by atoms with E-state index in [1.54, 1.807) is 41.5 Å². The molecule has 4 N–H and O–H groups in total. The lowest BCUT2D eigenvalue weighted by Gasteiger charge is -2.23. The maximum Gasteiger partial charge on any atom is 0.229 e. The summed E-state index contributed by atoms with van der Waals surface area (Å²) in [7, 11) is 0. The molecule has 9 nitrogen and oxygen atoms in total. The Morgan fingerprint density at radius 3 is 1.98 bits per heavy atom. The Labute approximate surface area is 241 Å². The van der Waals surface area contributed by atoms with Gasteiger partial charge in [-0.05, 0) is 18.2 Å². The van der Waals surface area contributed by atoms with Crippen molar-refractivity contribution in [3.8, 4) is 11.3 Å². The van der Waals surface area contributed by atoms with Gasteiger partial charge in [0.1, 0.15) is 11.6 Å². The van der Waals surface area contributed by atoms with Crippen LogP contribution in [0.25, 0.3) is 22.3 Å². The number of fused-ring (bicyclic) bond motifs is 1. The van der Waals surface area contributed by atoms with Gasteiger partial charge in [0.2, 0.25) is 11.8 Å². The summed E-state index contributed by atoms with van der Waals surface area (Å²) < 4.78 is 52.5. The van der Waals surface area contributed by atoms with E-state index >= 15 is 8.78 Å². The average Bonchev–Trinajstić information content (AvgIpc) is 2.88. The molecule has 2 aromatic carbocycles. The van der Waals surface area contributed by atoms with Gasteiger partial charge in [-0.15, -0.1) is 0 Å². The Hall–Kier alpha value is -3.74. The van der Waals surface area contributed by atoms with E-state index in [2.05, 4.69) is 10.6 Å². The second kappa shape index (κ2) is 12.6. The molecule has 3 aromatic rings. The molecule has 0 unspecified atom stereocenters. The molecule has 0 aliphatic carbocycles. The number of benzene rings is 2. The summed E-state index contributed by atoms with van der Waals surface area (Å²) in [4.78, 5) is 39.8. The number of rotatable bonds is 9. The number of amides is 2. The molecular weight excluding hydrogens is 555 g/mol. The van der Waals surface area contributed by atoms with Crippen LogP contribution in [0.1, 0.15) is 47.1 Å². The van der Waals surface area contributed by atoms with E-state index in [1.165, 1.54) is 17.0 Å². The number of halogens is 3. The number of aliphatic hydroxyl groups is 2. The summed E-state index contributed by atoms with van der Waals surface area (Å²) in [5, 5.41) is 23.0. The zero-order valence-corrected chi connectivity index (χ0v) is 24.5. The van der Waals surface area contributed by atoms with Crippen molar-refractivity contribution >= 4 is 34.2 Å². The lowest BCUT2D eigenvalue weighted by atomic mass is 9.95. The number of anilines is 2. The van der Waals surface area contributed by atoms with Crippen molar-refractivity contribution in [3.05, 3.63) is 57.5 Å². The molecule has 2 amide bonds. The second-order valence-electron chi connectivity index (χ2n) is 12.0. The first-order chi connectivity index (χ1) is 19.5. The highest BCUT2D eigenvalue weighted by Crippen LogP contribution is 2.35. The maximum atomic E-state index is 15.9. The Morgan fingerprint density at radius 1 is 0.881 bits per heavy atom. The molecule has 1 aromatic heterocycles. The Bertz CT molecular complexity index is 1550. The normalized spacial score (nSPS) is 12.2. The number of aliphatic hydroxyl groups excluding tert-OH is 2. The zero-order valence-electron chi connectivity index (χ0n) is 24.5. The fourth-order valence-electron chi connectivity index (χ4n) is 3.93. The van der Waals surface area contributed by atoms with Gasteiger partial charge < -0.3 is 25.3 Å². The minimum absolute atomic E-state index is 0.0253. The molecule has 42 heavy (non-hydrogen) atoms. The maximum absolute atomic E-state index is 15.9. The van der Waals surface area contributed by atoms with E-state index in [9.17, 15) is 29.0 Å². The molecule has 0 aliphatic rings. The van der Waals surface area contributed by atoms with Gasteiger partial charge >= 0.3 is 0 Å². The van der Waals surface area contributed by atoms with Crippen molar-refractivity contribution in [1.29, 1.82) is 0 Å². The van der Waals surface area contributed by atoms with Gasteiger partial charge in [-0.25, -0.2) is 13.2 Å². The van der Waals surface area contributed by atoms with E-state index in [1.807, 2.05) is 0 Å². The number of carbonyl (C=O) groups excluding carboxylic acids is 2. The van der Waals surface area contributed by atoms with E-state index in [0.717, 1.165) is 12.1 Å². The van der Waals surface area contributed by atoms with Crippen LogP contribution in [0, 0.1) is 28.3 Å². The van der Waals surface area contributed by atoms with Crippen molar-refractivity contribution in [1.82, 2.24) is 4.90 Å². The minimum Gasteiger partial charge on any atom is -0.453 e. The molecule has 0 atom stereocenters. The summed E-state index contributed by atoms with van der Waals surface area (Å²) in [6, 6.07) is 4.55. The molecular formula is C30H36F3N3O6. The summed E-state index contributed by atoms with van der Waals surface area (Å²) in [5.41, 5.74) is -4.59. The van der Waals surface area contributed by atoms with E-state index < -0.39 is 74.3 Å². The minimum atomic E-state index is -1.23. The molecule has 228 valence electrons. The van der Waals surface area contributed by atoms with Crippen LogP contribution in [0.15, 0.2) is 33.5 Å². The first-order valence-corrected chi connectivity index (χ1v) is 13.3. The van der Waals surface area contributed by atoms with Crippen LogP contribution in [-0.2, 0) is 16.1 Å². The third-order valence-electron chi connectivity index (χ3n) is 6.46. The van der Waals surface area contributed by atoms with Gasteiger partial charge in [0.15, 0.2) is 22.6 Å². The average molecular weight is 592 g/mol. The lowest BCUT2D eigenvalue weighted by molar-refractivity contribution is -0.123. The molecule has 1 heterocycles. The summed E-state index contributed by atoms with van der Waals surface area (Å²) in [6.07, 6.45) is 0. The fourth-order valence-corrected chi connectivity index (χ4v) is 3.93. The molecule has 0 aliphatic heterocycles. The lowest BCUT2D eigenvalue weighted by Crippen LogP contribution is -2.31. The van der Waals surface area contributed by atoms with E-state index in [0.29, 0.717) is 0 Å². The summed E-state index contributed by atoms with van der Waals surface area (Å²) >= 11 is 0. The quantitative estimate of drug-likeness (QED) is 0.285. The molecule has 0 spiro atoms. The monoisotopic (exact) mass is 591 g/mol. The molecule has 0 bridgehead atoms. The third kappa shape index (κ3) is 7.18. The highest BCUT2D eigenvalue weighted by atomic mass is 19.1. The highest BCUT2D eigenvalue weighted by Gasteiger charge is 2.30. The molecule has 3 rings (SSSR count). The van der Waals surface area contributed by atoms with Crippen molar-refractivity contribution in [3.63, 3.8) is 0 Å². The number of nitrogens with zero attached hydrogens (tertiary/aromatic N) is 1. The van der Waals surface area contributed by atoms with Crippen LogP contribution in [0.2, 0.25) is 0 Å². The number of nitrogens with one attached hydrogen (secondary N) is 2. The van der Waals surface area contributed by atoms with Gasteiger partial charge in [-0.3, -0.25) is 19.3 Å². The SMILES string of the molecule is CC(C)(C)C(=O)Nc1ccc(-c2cc(=O)c3c(NC(=O)C(C)(C)C)c(F)c(CN(CCO)CCO)c(F)c3o2)cc1F. The van der Waals surface area contributed by atoms with Gasteiger partial charge in [-0.1, -0.05) is 41.5 Å². The van der Waals surface area contributed by atoms with Crippen LogP contribution >= 0.6 is 0 Å². The van der Waals surface area contributed by atoms with Crippen molar-refractivity contribution < 1.29 is 37.4 Å². The fraction of sp³-hybridized carbons (Fsp3) is 0.433. The predicted molar refractivity (Wildman–Crippen MR) is 153 cm³/mol. The van der Waals surface area contributed by atoms with Gasteiger partial charge in [0, 0.05) is 47.7 Å². The van der Waals surface area contributed by atoms with Crippen LogP contribution < -0.4 is 16.1 Å². The predicted octanol–water partition coefficient (Wildman–Crippen LogP) is 4.63. The second-order valence-corrected chi connectivity index (χ2v) is 12.0. The number of hydrogen-bond donors (Lipinski definition) is 4. The van der Waals surface area contributed by atoms with Crippen LogP contribution in [-0.4, -0.2) is 53.2 Å². The largest absolute Gasteiger partial charge is 0.453 e. The third-order valence-corrected chi connectivity index (χ3v) is 6.46. The molecule has 0 saturated heterocycles. The van der Waals surface area contributed by atoms with Gasteiger partial charge in [-0.2, -0.15) is 0 Å². The van der Waals surface area contributed by atoms with Crippen molar-refractivity contribution in [2.24, 2.45) is 10.8 Å². The van der Waals surface area contributed by atoms with E-state index in [4.69, 9.17) is 4.42 Å². The smallest absolute Gasteiger partial charge is 0.229 e. The number of hydrogen-bond acceptors (Lipinski definition) is 7. The Morgan fingerprint density at radius 2 is 1.45 bits per heavy atom. The molecule has 0 radical (unpaired) electrons. The molecule has 12 heteroatoms. The zero-order chi connectivity index (χ0) is 31.6. The summed E-state index contributed by atoms with van der Waals surface area (Å²) in [5.74, 6) is -4.60. The first kappa shape index (κ1) is 32.8. The van der Waals surface area contributed by atoms with Crippen molar-refractivity contribution in [2.45, 2.75) is 48.1 Å². The van der Waals surface area contributed by atoms with Gasteiger partial charge in [0.25, 0.3) is 0 Å².